The minimum atomic E-state index is 0.473. The van der Waals surface area contributed by atoms with Crippen LogP contribution in [0.4, 0.5) is 0 Å². The highest BCUT2D eigenvalue weighted by Gasteiger charge is 2.09. The SMILES string of the molecule is CCCCc1nnc2sc(CN)nn12. The summed E-state index contributed by atoms with van der Waals surface area (Å²) in [7, 11) is 0. The van der Waals surface area contributed by atoms with E-state index in [4.69, 9.17) is 5.73 Å². The van der Waals surface area contributed by atoms with Crippen molar-refractivity contribution in [3.63, 3.8) is 0 Å². The van der Waals surface area contributed by atoms with Gasteiger partial charge < -0.3 is 5.73 Å². The molecule has 6 heteroatoms. The van der Waals surface area contributed by atoms with Gasteiger partial charge in [-0.2, -0.15) is 9.61 Å². The Labute approximate surface area is 86.0 Å². The van der Waals surface area contributed by atoms with Crippen molar-refractivity contribution in [3.05, 3.63) is 10.8 Å². The minimum Gasteiger partial charge on any atom is -0.324 e. The minimum absolute atomic E-state index is 0.473. The zero-order chi connectivity index (χ0) is 9.97. The molecule has 14 heavy (non-hydrogen) atoms. The first kappa shape index (κ1) is 9.54. The Balaban J connectivity index is 2.30. The van der Waals surface area contributed by atoms with Crippen molar-refractivity contribution in [3.8, 4) is 0 Å². The summed E-state index contributed by atoms with van der Waals surface area (Å²) in [6.45, 7) is 2.63. The van der Waals surface area contributed by atoms with Gasteiger partial charge >= 0.3 is 0 Å². The quantitative estimate of drug-likeness (QED) is 0.818. The molecule has 5 nitrogen and oxygen atoms in total. The van der Waals surface area contributed by atoms with Crippen LogP contribution in [-0.2, 0) is 13.0 Å². The Morgan fingerprint density at radius 3 is 3.00 bits per heavy atom. The van der Waals surface area contributed by atoms with Crippen LogP contribution in [-0.4, -0.2) is 19.8 Å². The zero-order valence-corrected chi connectivity index (χ0v) is 8.92. The fourth-order valence-electron chi connectivity index (χ4n) is 1.27. The van der Waals surface area contributed by atoms with E-state index in [1.165, 1.54) is 11.3 Å². The van der Waals surface area contributed by atoms with E-state index in [1.807, 2.05) is 4.52 Å². The van der Waals surface area contributed by atoms with Gasteiger partial charge in [0.1, 0.15) is 5.01 Å². The van der Waals surface area contributed by atoms with E-state index in [0.717, 1.165) is 35.1 Å². The van der Waals surface area contributed by atoms with E-state index in [1.54, 1.807) is 0 Å². The van der Waals surface area contributed by atoms with Crippen molar-refractivity contribution in [1.29, 1.82) is 0 Å². The number of fused-ring (bicyclic) bond motifs is 1. The third-order valence-electron chi connectivity index (χ3n) is 2.03. The van der Waals surface area contributed by atoms with E-state index in [9.17, 15) is 0 Å². The molecule has 2 aromatic heterocycles. The van der Waals surface area contributed by atoms with Crippen LogP contribution < -0.4 is 5.73 Å². The maximum Gasteiger partial charge on any atom is 0.234 e. The second-order valence-electron chi connectivity index (χ2n) is 3.11. The van der Waals surface area contributed by atoms with Gasteiger partial charge in [-0.1, -0.05) is 24.7 Å². The molecule has 0 amide bonds. The normalized spacial score (nSPS) is 11.3. The fraction of sp³-hybridized carbons (Fsp3) is 0.625. The average Bonchev–Trinajstić information content (AvgIpc) is 2.74. The Morgan fingerprint density at radius 1 is 1.43 bits per heavy atom. The lowest BCUT2D eigenvalue weighted by atomic mass is 10.2. The number of nitrogens with zero attached hydrogens (tertiary/aromatic N) is 4. The van der Waals surface area contributed by atoms with Gasteiger partial charge in [0.2, 0.25) is 4.96 Å². The molecule has 0 radical (unpaired) electrons. The van der Waals surface area contributed by atoms with E-state index in [0.29, 0.717) is 6.54 Å². The molecule has 2 rings (SSSR count). The van der Waals surface area contributed by atoms with Crippen LogP contribution in [0, 0.1) is 0 Å². The summed E-state index contributed by atoms with van der Waals surface area (Å²) in [4.78, 5) is 0.844. The molecule has 0 unspecified atom stereocenters. The van der Waals surface area contributed by atoms with E-state index >= 15 is 0 Å². The van der Waals surface area contributed by atoms with E-state index in [-0.39, 0.29) is 0 Å². The van der Waals surface area contributed by atoms with Crippen molar-refractivity contribution in [1.82, 2.24) is 19.8 Å². The summed E-state index contributed by atoms with van der Waals surface area (Å²) < 4.78 is 1.81. The Hall–Kier alpha value is -1.01. The standard InChI is InChI=1S/C8H13N5S/c1-2-3-4-6-10-11-8-13(6)12-7(5-9)14-8/h2-5,9H2,1H3. The lowest BCUT2D eigenvalue weighted by Crippen LogP contribution is -2.00. The second kappa shape index (κ2) is 4.02. The molecule has 0 aliphatic heterocycles. The second-order valence-corrected chi connectivity index (χ2v) is 4.15. The molecule has 0 aromatic carbocycles. The van der Waals surface area contributed by atoms with Gasteiger partial charge in [-0.15, -0.1) is 10.2 Å². The summed E-state index contributed by atoms with van der Waals surface area (Å²) in [5, 5.41) is 13.4. The molecular formula is C8H13N5S. The fourth-order valence-corrected chi connectivity index (χ4v) is 2.00. The number of hydrogen-bond acceptors (Lipinski definition) is 5. The number of aromatic nitrogens is 4. The van der Waals surface area contributed by atoms with Crippen LogP contribution in [0.2, 0.25) is 0 Å². The van der Waals surface area contributed by atoms with Gasteiger partial charge in [-0.05, 0) is 6.42 Å². The summed E-state index contributed by atoms with van der Waals surface area (Å²) in [6, 6.07) is 0. The Bertz CT molecular complexity index is 418. The Morgan fingerprint density at radius 2 is 2.29 bits per heavy atom. The molecule has 0 fully saturated rings. The first-order chi connectivity index (χ1) is 6.85. The lowest BCUT2D eigenvalue weighted by Gasteiger charge is -1.92. The molecule has 0 atom stereocenters. The number of rotatable bonds is 4. The average molecular weight is 211 g/mol. The van der Waals surface area contributed by atoms with Crippen molar-refractivity contribution >= 4 is 16.3 Å². The molecule has 2 heterocycles. The molecule has 0 aliphatic carbocycles. The van der Waals surface area contributed by atoms with Crippen LogP contribution in [0.1, 0.15) is 30.6 Å². The summed E-state index contributed by atoms with van der Waals surface area (Å²) in [5.41, 5.74) is 5.51. The summed E-state index contributed by atoms with van der Waals surface area (Å²) in [5.74, 6) is 0.942. The van der Waals surface area contributed by atoms with Crippen LogP contribution >= 0.6 is 11.3 Å². The highest BCUT2D eigenvalue weighted by Crippen LogP contribution is 2.14. The van der Waals surface area contributed by atoms with Gasteiger partial charge in [-0.3, -0.25) is 0 Å². The topological polar surface area (TPSA) is 69.1 Å². The largest absolute Gasteiger partial charge is 0.324 e. The number of hydrogen-bond donors (Lipinski definition) is 1. The van der Waals surface area contributed by atoms with Gasteiger partial charge in [0.25, 0.3) is 0 Å². The monoisotopic (exact) mass is 211 g/mol. The lowest BCUT2D eigenvalue weighted by molar-refractivity contribution is 0.716. The first-order valence-corrected chi connectivity index (χ1v) is 5.57. The van der Waals surface area contributed by atoms with Crippen LogP contribution in [0.3, 0.4) is 0 Å². The van der Waals surface area contributed by atoms with Crippen molar-refractivity contribution < 1.29 is 0 Å². The molecule has 2 N–H and O–H groups in total. The molecule has 0 aliphatic rings. The maximum absolute atomic E-state index is 5.51. The first-order valence-electron chi connectivity index (χ1n) is 4.75. The van der Waals surface area contributed by atoms with Crippen molar-refractivity contribution in [2.75, 3.05) is 0 Å². The molecule has 76 valence electrons. The molecule has 2 aromatic rings. The highest BCUT2D eigenvalue weighted by molar-refractivity contribution is 7.16. The van der Waals surface area contributed by atoms with E-state index in [2.05, 4.69) is 22.2 Å². The molecule has 0 spiro atoms. The third kappa shape index (κ3) is 1.62. The van der Waals surface area contributed by atoms with Gasteiger partial charge in [-0.25, -0.2) is 0 Å². The Kier molecular flexibility index (Phi) is 2.74. The number of aryl methyl sites for hydroxylation is 1. The van der Waals surface area contributed by atoms with Crippen molar-refractivity contribution in [2.45, 2.75) is 32.7 Å². The van der Waals surface area contributed by atoms with Crippen LogP contribution in [0.15, 0.2) is 0 Å². The summed E-state index contributed by atoms with van der Waals surface area (Å²) >= 11 is 1.50. The molecular weight excluding hydrogens is 198 g/mol. The van der Waals surface area contributed by atoms with Gasteiger partial charge in [0, 0.05) is 13.0 Å². The predicted octanol–water partition coefficient (Wildman–Crippen LogP) is 0.987. The third-order valence-corrected chi connectivity index (χ3v) is 2.95. The van der Waals surface area contributed by atoms with Gasteiger partial charge in [0.15, 0.2) is 5.82 Å². The molecule has 0 saturated heterocycles. The number of nitrogens with two attached hydrogens (primary N) is 1. The molecule has 0 bridgehead atoms. The smallest absolute Gasteiger partial charge is 0.234 e. The maximum atomic E-state index is 5.51. The zero-order valence-electron chi connectivity index (χ0n) is 8.10. The molecule has 0 saturated carbocycles. The van der Waals surface area contributed by atoms with Crippen LogP contribution in [0.5, 0.6) is 0 Å². The summed E-state index contributed by atoms with van der Waals surface area (Å²) in [6.07, 6.45) is 3.21. The van der Waals surface area contributed by atoms with Gasteiger partial charge in [0.05, 0.1) is 0 Å². The predicted molar refractivity (Wildman–Crippen MR) is 55.2 cm³/mol. The van der Waals surface area contributed by atoms with Crippen molar-refractivity contribution in [2.24, 2.45) is 5.73 Å². The highest BCUT2D eigenvalue weighted by atomic mass is 32.1. The van der Waals surface area contributed by atoms with E-state index < -0.39 is 0 Å². The number of unbranched alkanes of at least 4 members (excludes halogenated alkanes) is 1. The van der Waals surface area contributed by atoms with Crippen LogP contribution in [0.25, 0.3) is 4.96 Å².